The number of rotatable bonds is 7. The van der Waals surface area contributed by atoms with Gasteiger partial charge in [-0.2, -0.15) is 5.10 Å². The van der Waals surface area contributed by atoms with Gasteiger partial charge in [0, 0.05) is 25.3 Å². The molecule has 0 spiro atoms. The Balaban J connectivity index is 1.69. The number of aromatic nitrogens is 6. The monoisotopic (exact) mass is 419 g/mol. The molecule has 3 heterocycles. The van der Waals surface area contributed by atoms with E-state index in [2.05, 4.69) is 45.9 Å². The molecule has 1 N–H and O–H groups in total. The van der Waals surface area contributed by atoms with E-state index in [0.29, 0.717) is 5.82 Å². The Bertz CT molecular complexity index is 1210. The van der Waals surface area contributed by atoms with Crippen LogP contribution in [0.3, 0.4) is 0 Å². The second kappa shape index (κ2) is 8.37. The highest BCUT2D eigenvalue weighted by Crippen LogP contribution is 2.29. The molecule has 3 aromatic heterocycles. The van der Waals surface area contributed by atoms with Gasteiger partial charge in [-0.15, -0.1) is 0 Å². The van der Waals surface area contributed by atoms with E-state index >= 15 is 0 Å². The molecule has 0 bridgehead atoms. The third kappa shape index (κ3) is 3.97. The highest BCUT2D eigenvalue weighted by Gasteiger charge is 2.20. The van der Waals surface area contributed by atoms with Crippen LogP contribution < -0.4 is 10.1 Å². The number of anilines is 1. The molecule has 0 fully saturated rings. The summed E-state index contributed by atoms with van der Waals surface area (Å²) in [6.07, 6.45) is 2.70. The van der Waals surface area contributed by atoms with Crippen molar-refractivity contribution in [3.05, 3.63) is 47.5 Å². The van der Waals surface area contributed by atoms with Crippen LogP contribution in [0.25, 0.3) is 22.6 Å². The Hall–Kier alpha value is -3.42. The first kappa shape index (κ1) is 20.8. The summed E-state index contributed by atoms with van der Waals surface area (Å²) in [5.74, 6) is 2.28. The van der Waals surface area contributed by atoms with Gasteiger partial charge >= 0.3 is 0 Å². The fraction of sp³-hybridized carbons (Fsp3) is 0.391. The summed E-state index contributed by atoms with van der Waals surface area (Å²) in [5.41, 5.74) is 5.77. The van der Waals surface area contributed by atoms with Crippen molar-refractivity contribution < 1.29 is 4.74 Å². The van der Waals surface area contributed by atoms with Crippen LogP contribution in [0.15, 0.2) is 30.6 Å². The van der Waals surface area contributed by atoms with Gasteiger partial charge in [-0.25, -0.2) is 15.0 Å². The lowest BCUT2D eigenvalue weighted by molar-refractivity contribution is 0.414. The molecule has 8 heteroatoms. The summed E-state index contributed by atoms with van der Waals surface area (Å²) >= 11 is 0. The molecule has 0 amide bonds. The third-order valence-corrected chi connectivity index (χ3v) is 5.58. The van der Waals surface area contributed by atoms with Gasteiger partial charge in [-0.3, -0.25) is 4.68 Å². The Labute approximate surface area is 182 Å². The highest BCUT2D eigenvalue weighted by molar-refractivity contribution is 5.85. The average Bonchev–Trinajstić information content (AvgIpc) is 3.29. The molecule has 31 heavy (non-hydrogen) atoms. The van der Waals surface area contributed by atoms with Gasteiger partial charge in [-0.05, 0) is 51.8 Å². The number of hydrogen-bond donors (Lipinski definition) is 1. The molecule has 0 saturated heterocycles. The van der Waals surface area contributed by atoms with Crippen LogP contribution in [0, 0.1) is 13.8 Å². The Morgan fingerprint density at radius 1 is 1.10 bits per heavy atom. The van der Waals surface area contributed by atoms with Crippen LogP contribution in [0.5, 0.6) is 5.75 Å². The van der Waals surface area contributed by atoms with Gasteiger partial charge in [0.25, 0.3) is 0 Å². The van der Waals surface area contributed by atoms with Crippen molar-refractivity contribution in [3.8, 4) is 17.1 Å². The van der Waals surface area contributed by atoms with E-state index in [1.807, 2.05) is 44.0 Å². The normalized spacial score (nSPS) is 11.5. The van der Waals surface area contributed by atoms with E-state index in [0.717, 1.165) is 52.6 Å². The minimum atomic E-state index is 0.246. The summed E-state index contributed by atoms with van der Waals surface area (Å²) < 4.78 is 9.19. The molecular formula is C23H29N7O. The van der Waals surface area contributed by atoms with Crippen LogP contribution in [0.1, 0.15) is 36.8 Å². The molecule has 4 rings (SSSR count). The predicted molar refractivity (Wildman–Crippen MR) is 123 cm³/mol. The smallest absolute Gasteiger partial charge is 0.167 e. The number of nitrogens with one attached hydrogen (secondary N) is 1. The SMILES string of the molecule is COc1ccc(CCNc2nc(-c3c(C)nn(C)c3C)nc3c2ncn3C(C)C)cc1. The first-order valence-corrected chi connectivity index (χ1v) is 10.5. The number of imidazole rings is 1. The summed E-state index contributed by atoms with van der Waals surface area (Å²) in [4.78, 5) is 14.4. The standard InChI is InChI=1S/C23H29N7O/c1-14(2)30-13-25-20-22(24-12-11-17-7-9-18(31-6)10-8-17)26-21(27-23(20)30)19-15(3)28-29(5)16(19)4/h7-10,13-14H,11-12H2,1-6H3,(H,24,26,27). The second-order valence-corrected chi connectivity index (χ2v) is 8.01. The number of nitrogens with zero attached hydrogens (tertiary/aromatic N) is 6. The zero-order valence-electron chi connectivity index (χ0n) is 19.0. The lowest BCUT2D eigenvalue weighted by Crippen LogP contribution is -2.09. The van der Waals surface area contributed by atoms with Gasteiger partial charge in [0.05, 0.1) is 24.7 Å². The van der Waals surface area contributed by atoms with Crippen LogP contribution in [0.4, 0.5) is 5.82 Å². The van der Waals surface area contributed by atoms with E-state index in [-0.39, 0.29) is 6.04 Å². The van der Waals surface area contributed by atoms with Gasteiger partial charge in [0.15, 0.2) is 17.3 Å². The maximum absolute atomic E-state index is 5.24. The molecule has 4 aromatic rings. The Morgan fingerprint density at radius 2 is 1.84 bits per heavy atom. The number of benzene rings is 1. The topological polar surface area (TPSA) is 82.7 Å². The van der Waals surface area contributed by atoms with Crippen molar-refractivity contribution in [3.63, 3.8) is 0 Å². The van der Waals surface area contributed by atoms with Gasteiger partial charge in [0.2, 0.25) is 0 Å². The van der Waals surface area contributed by atoms with Crippen LogP contribution in [-0.2, 0) is 13.5 Å². The van der Waals surface area contributed by atoms with Gasteiger partial charge < -0.3 is 14.6 Å². The van der Waals surface area contributed by atoms with Crippen molar-refractivity contribution in [2.75, 3.05) is 19.0 Å². The molecule has 0 unspecified atom stereocenters. The largest absolute Gasteiger partial charge is 0.497 e. The highest BCUT2D eigenvalue weighted by atomic mass is 16.5. The predicted octanol–water partition coefficient (Wildman–Crippen LogP) is 4.09. The van der Waals surface area contributed by atoms with Crippen LogP contribution >= 0.6 is 0 Å². The second-order valence-electron chi connectivity index (χ2n) is 8.01. The fourth-order valence-electron chi connectivity index (χ4n) is 3.74. The summed E-state index contributed by atoms with van der Waals surface area (Å²) in [5, 5.41) is 8.03. The molecule has 0 aliphatic rings. The first-order valence-electron chi connectivity index (χ1n) is 10.5. The van der Waals surface area contributed by atoms with E-state index in [9.17, 15) is 0 Å². The van der Waals surface area contributed by atoms with Crippen molar-refractivity contribution >= 4 is 17.0 Å². The molecule has 0 atom stereocenters. The maximum atomic E-state index is 5.24. The van der Waals surface area contributed by atoms with Crippen molar-refractivity contribution in [1.29, 1.82) is 0 Å². The molecular weight excluding hydrogens is 390 g/mol. The first-order chi connectivity index (χ1) is 14.9. The molecule has 1 aromatic carbocycles. The number of methoxy groups -OCH3 is 1. The molecule has 8 nitrogen and oxygen atoms in total. The third-order valence-electron chi connectivity index (χ3n) is 5.58. The number of ether oxygens (including phenoxy) is 1. The van der Waals surface area contributed by atoms with E-state index < -0.39 is 0 Å². The lowest BCUT2D eigenvalue weighted by atomic mass is 10.1. The number of hydrogen-bond acceptors (Lipinski definition) is 6. The lowest BCUT2D eigenvalue weighted by Gasteiger charge is -2.12. The van der Waals surface area contributed by atoms with Crippen LogP contribution in [-0.4, -0.2) is 43.0 Å². The minimum absolute atomic E-state index is 0.246. The molecule has 162 valence electrons. The van der Waals surface area contributed by atoms with E-state index in [1.165, 1.54) is 5.56 Å². The maximum Gasteiger partial charge on any atom is 0.167 e. The zero-order valence-corrected chi connectivity index (χ0v) is 19.0. The quantitative estimate of drug-likeness (QED) is 0.486. The Morgan fingerprint density at radius 3 is 2.45 bits per heavy atom. The van der Waals surface area contributed by atoms with E-state index in [1.54, 1.807) is 7.11 Å². The summed E-state index contributed by atoms with van der Waals surface area (Å²) in [7, 11) is 3.62. The average molecular weight is 420 g/mol. The summed E-state index contributed by atoms with van der Waals surface area (Å²) in [6, 6.07) is 8.37. The Kier molecular flexibility index (Phi) is 5.63. The number of fused-ring (bicyclic) bond motifs is 1. The number of aryl methyl sites for hydroxylation is 2. The van der Waals surface area contributed by atoms with Crippen molar-refractivity contribution in [2.24, 2.45) is 7.05 Å². The molecule has 0 saturated carbocycles. The zero-order chi connectivity index (χ0) is 22.1. The van der Waals surface area contributed by atoms with Gasteiger partial charge in [-0.1, -0.05) is 12.1 Å². The van der Waals surface area contributed by atoms with Crippen molar-refractivity contribution in [1.82, 2.24) is 29.3 Å². The molecule has 0 aliphatic carbocycles. The molecule has 0 aliphatic heterocycles. The van der Waals surface area contributed by atoms with Gasteiger partial charge in [0.1, 0.15) is 11.3 Å². The van der Waals surface area contributed by atoms with E-state index in [4.69, 9.17) is 14.7 Å². The minimum Gasteiger partial charge on any atom is -0.497 e. The van der Waals surface area contributed by atoms with Crippen molar-refractivity contribution in [2.45, 2.75) is 40.2 Å². The van der Waals surface area contributed by atoms with Crippen LogP contribution in [0.2, 0.25) is 0 Å². The molecule has 0 radical (unpaired) electrons. The summed E-state index contributed by atoms with van der Waals surface area (Å²) in [6.45, 7) is 9.02. The fourth-order valence-corrected chi connectivity index (χ4v) is 3.74.